The third-order valence-electron chi connectivity index (χ3n) is 0.864. The van der Waals surface area contributed by atoms with Crippen molar-refractivity contribution in [1.29, 1.82) is 0 Å². The number of allylic oxidation sites excluding steroid dienone is 1. The summed E-state index contributed by atoms with van der Waals surface area (Å²) in [6.45, 7) is 1.24. The predicted molar refractivity (Wildman–Crippen MR) is 44.9 cm³/mol. The third kappa shape index (κ3) is 9.37. The molecule has 0 atom stereocenters. The van der Waals surface area contributed by atoms with Crippen molar-refractivity contribution in [2.24, 2.45) is 0 Å². The Morgan fingerprint density at radius 3 is 2.57 bits per heavy atom. The molecule has 0 rings (SSSR count). The minimum Gasteiger partial charge on any atom is -0.460 e. The number of rotatable bonds is 6. The maximum Gasteiger partial charge on any atom is 0.496 e. The van der Waals surface area contributed by atoms with Crippen LogP contribution in [-0.2, 0) is 23.7 Å². The zero-order chi connectivity index (χ0) is 11.0. The fourth-order valence-electron chi connectivity index (χ4n) is 0.466. The highest BCUT2D eigenvalue weighted by Crippen LogP contribution is 2.35. The zero-order valence-electron chi connectivity index (χ0n) is 7.45. The summed E-state index contributed by atoms with van der Waals surface area (Å²) in [5.74, 6) is -0.563. The number of carbonyl (C=O) groups is 1. The van der Waals surface area contributed by atoms with Gasteiger partial charge in [0, 0.05) is 6.08 Å². The molecule has 0 aliphatic rings. The van der Waals surface area contributed by atoms with Gasteiger partial charge in [0.15, 0.2) is 0 Å². The molecule has 0 aliphatic heterocycles. The molecule has 0 saturated carbocycles. The second kappa shape index (κ2) is 6.69. The topological polar surface area (TPSA) is 102 Å². The van der Waals surface area contributed by atoms with Gasteiger partial charge in [-0.05, 0) is 6.92 Å². The van der Waals surface area contributed by atoms with Crippen molar-refractivity contribution in [3.8, 4) is 0 Å². The molecule has 8 heteroatoms. The lowest BCUT2D eigenvalue weighted by Gasteiger charge is -2.04. The third-order valence-corrected chi connectivity index (χ3v) is 1.16. The summed E-state index contributed by atoms with van der Waals surface area (Å²) in [5, 5.41) is 0. The average Bonchev–Trinajstić information content (AvgIpc) is 2.02. The normalized spacial score (nSPS) is 11.9. The van der Waals surface area contributed by atoms with Gasteiger partial charge < -0.3 is 14.5 Å². The Morgan fingerprint density at radius 1 is 1.43 bits per heavy atom. The quantitative estimate of drug-likeness (QED) is 0.166. The van der Waals surface area contributed by atoms with E-state index in [9.17, 15) is 9.36 Å². The first kappa shape index (κ1) is 13.3. The molecule has 0 bridgehead atoms. The average molecular weight is 226 g/mol. The molecule has 0 unspecified atom stereocenters. The van der Waals surface area contributed by atoms with E-state index in [-0.39, 0.29) is 13.2 Å². The Labute approximate surface area is 80.4 Å². The van der Waals surface area contributed by atoms with E-state index < -0.39 is 13.8 Å². The van der Waals surface area contributed by atoms with Crippen LogP contribution in [0.2, 0.25) is 0 Å². The van der Waals surface area contributed by atoms with Gasteiger partial charge in [0.2, 0.25) is 0 Å². The lowest BCUT2D eigenvalue weighted by molar-refractivity contribution is -0.228. The Bertz CT molecular complexity index is 243. The highest BCUT2D eigenvalue weighted by molar-refractivity contribution is 7.46. The van der Waals surface area contributed by atoms with E-state index in [1.54, 1.807) is 6.92 Å². The summed E-state index contributed by atoms with van der Waals surface area (Å²) in [6.07, 6.45) is 2.69. The van der Waals surface area contributed by atoms with E-state index in [1.165, 1.54) is 12.2 Å². The molecule has 0 radical (unpaired) electrons. The summed E-state index contributed by atoms with van der Waals surface area (Å²) in [5.41, 5.74) is 0. The molecule has 0 aliphatic carbocycles. The molecular formula is C6H11O7P. The van der Waals surface area contributed by atoms with Crippen molar-refractivity contribution in [1.82, 2.24) is 0 Å². The van der Waals surface area contributed by atoms with Crippen LogP contribution in [0.5, 0.6) is 0 Å². The number of hydrogen-bond acceptors (Lipinski definition) is 5. The number of phosphoric acid groups is 1. The molecule has 0 saturated heterocycles. The van der Waals surface area contributed by atoms with Crippen molar-refractivity contribution >= 4 is 13.8 Å². The lowest BCUT2D eigenvalue weighted by Crippen LogP contribution is -2.08. The Hall–Kier alpha value is -0.720. The SMILES string of the molecule is CC=CC(=O)OCCOOP(=O)(O)O. The number of hydrogen-bond donors (Lipinski definition) is 2. The second-order valence-electron chi connectivity index (χ2n) is 2.05. The summed E-state index contributed by atoms with van der Waals surface area (Å²) < 4.78 is 18.2. The van der Waals surface area contributed by atoms with E-state index in [0.29, 0.717) is 0 Å². The van der Waals surface area contributed by atoms with Crippen molar-refractivity contribution in [2.75, 3.05) is 13.2 Å². The highest BCUT2D eigenvalue weighted by atomic mass is 31.2. The predicted octanol–water partition coefficient (Wildman–Crippen LogP) is 0.147. The van der Waals surface area contributed by atoms with Gasteiger partial charge in [-0.3, -0.25) is 0 Å². The van der Waals surface area contributed by atoms with Crippen LogP contribution in [0.4, 0.5) is 0 Å². The van der Waals surface area contributed by atoms with Crippen LogP contribution in [-0.4, -0.2) is 29.0 Å². The van der Waals surface area contributed by atoms with E-state index in [2.05, 4.69) is 14.3 Å². The number of carbonyl (C=O) groups excluding carboxylic acids is 1. The van der Waals surface area contributed by atoms with Crippen LogP contribution in [0, 0.1) is 0 Å². The molecule has 14 heavy (non-hydrogen) atoms. The monoisotopic (exact) mass is 226 g/mol. The maximum atomic E-state index is 10.6. The summed E-state index contributed by atoms with van der Waals surface area (Å²) in [6, 6.07) is 0. The van der Waals surface area contributed by atoms with E-state index in [0.717, 1.165) is 0 Å². The largest absolute Gasteiger partial charge is 0.496 e. The Kier molecular flexibility index (Phi) is 6.35. The standard InChI is InChI=1S/C6H11O7P/c1-2-3-6(7)11-4-5-12-13-14(8,9)10/h2-3H,4-5H2,1H3,(H2,8,9,10). The first-order chi connectivity index (χ1) is 6.45. The molecule has 0 amide bonds. The molecule has 82 valence electrons. The van der Waals surface area contributed by atoms with Crippen LogP contribution in [0.3, 0.4) is 0 Å². The van der Waals surface area contributed by atoms with Gasteiger partial charge in [0.25, 0.3) is 0 Å². The van der Waals surface area contributed by atoms with Crippen molar-refractivity contribution in [3.63, 3.8) is 0 Å². The van der Waals surface area contributed by atoms with E-state index in [1.807, 2.05) is 0 Å². The summed E-state index contributed by atoms with van der Waals surface area (Å²) in [7, 11) is -4.62. The molecule has 0 spiro atoms. The molecule has 0 aromatic carbocycles. The van der Waals surface area contributed by atoms with Gasteiger partial charge in [-0.15, -0.1) is 4.67 Å². The van der Waals surface area contributed by atoms with Gasteiger partial charge >= 0.3 is 13.8 Å². The van der Waals surface area contributed by atoms with Gasteiger partial charge in [0.05, 0.1) is 0 Å². The minimum atomic E-state index is -4.62. The van der Waals surface area contributed by atoms with Crippen LogP contribution in [0.25, 0.3) is 0 Å². The van der Waals surface area contributed by atoms with Crippen molar-refractivity contribution < 1.29 is 33.4 Å². The minimum absolute atomic E-state index is 0.150. The number of ether oxygens (including phenoxy) is 1. The molecule has 0 aromatic heterocycles. The molecule has 7 nitrogen and oxygen atoms in total. The van der Waals surface area contributed by atoms with Crippen LogP contribution in [0.15, 0.2) is 12.2 Å². The second-order valence-corrected chi connectivity index (χ2v) is 3.18. The maximum absolute atomic E-state index is 10.6. The fourth-order valence-corrected chi connectivity index (χ4v) is 0.678. The Morgan fingerprint density at radius 2 is 2.07 bits per heavy atom. The number of esters is 1. The molecular weight excluding hydrogens is 215 g/mol. The van der Waals surface area contributed by atoms with Crippen molar-refractivity contribution in [3.05, 3.63) is 12.2 Å². The lowest BCUT2D eigenvalue weighted by atomic mass is 10.5. The van der Waals surface area contributed by atoms with Gasteiger partial charge in [-0.1, -0.05) is 6.08 Å². The first-order valence-electron chi connectivity index (χ1n) is 3.62. The van der Waals surface area contributed by atoms with Crippen LogP contribution >= 0.6 is 7.82 Å². The van der Waals surface area contributed by atoms with Crippen molar-refractivity contribution in [2.45, 2.75) is 6.92 Å². The van der Waals surface area contributed by atoms with Crippen LogP contribution in [0.1, 0.15) is 6.92 Å². The molecule has 0 fully saturated rings. The van der Waals surface area contributed by atoms with Gasteiger partial charge in [0.1, 0.15) is 13.2 Å². The highest BCUT2D eigenvalue weighted by Gasteiger charge is 2.14. The molecule has 0 aromatic rings. The smallest absolute Gasteiger partial charge is 0.460 e. The van der Waals surface area contributed by atoms with E-state index in [4.69, 9.17) is 9.79 Å². The Balaban J connectivity index is 3.39. The molecule has 2 N–H and O–H groups in total. The molecule has 0 heterocycles. The van der Waals surface area contributed by atoms with Gasteiger partial charge in [-0.25, -0.2) is 14.2 Å². The first-order valence-corrected chi connectivity index (χ1v) is 5.15. The van der Waals surface area contributed by atoms with Gasteiger partial charge in [-0.2, -0.15) is 0 Å². The summed E-state index contributed by atoms with van der Waals surface area (Å²) >= 11 is 0. The van der Waals surface area contributed by atoms with Crippen LogP contribution < -0.4 is 0 Å². The summed E-state index contributed by atoms with van der Waals surface area (Å²) in [4.78, 5) is 31.0. The zero-order valence-corrected chi connectivity index (χ0v) is 8.35. The van der Waals surface area contributed by atoms with E-state index >= 15 is 0 Å². The fraction of sp³-hybridized carbons (Fsp3) is 0.500.